The van der Waals surface area contributed by atoms with Gasteiger partial charge in [0.15, 0.2) is 0 Å². The van der Waals surface area contributed by atoms with Crippen LogP contribution in [0.4, 0.5) is 10.1 Å². The lowest BCUT2D eigenvalue weighted by molar-refractivity contribution is -0.115. The molecule has 1 amide bonds. The third-order valence-corrected chi connectivity index (χ3v) is 2.03. The lowest BCUT2D eigenvalue weighted by Gasteiger charge is -2.02. The van der Waals surface area contributed by atoms with Crippen molar-refractivity contribution in [1.29, 1.82) is 0 Å². The van der Waals surface area contributed by atoms with Crippen molar-refractivity contribution in [3.8, 4) is 0 Å². The number of aliphatic hydroxyl groups is 1. The Morgan fingerprint density at radius 2 is 2.31 bits per heavy atom. The summed E-state index contributed by atoms with van der Waals surface area (Å²) < 4.78 is 13.2. The number of hydrogen-bond acceptors (Lipinski definition) is 2. The van der Waals surface area contributed by atoms with Crippen LogP contribution in [-0.2, 0) is 17.8 Å². The first-order valence-corrected chi connectivity index (χ1v) is 3.92. The molecular weight excluding hydrogens is 173 g/mol. The van der Waals surface area contributed by atoms with Crippen molar-refractivity contribution in [3.63, 3.8) is 0 Å². The molecule has 0 atom stereocenters. The number of aliphatic hydroxyl groups excluding tert-OH is 1. The molecule has 0 saturated carbocycles. The minimum Gasteiger partial charge on any atom is -0.392 e. The molecule has 1 aromatic rings. The maximum absolute atomic E-state index is 13.2. The lowest BCUT2D eigenvalue weighted by atomic mass is 10.1. The van der Waals surface area contributed by atoms with Crippen LogP contribution in [0.5, 0.6) is 0 Å². The van der Waals surface area contributed by atoms with Crippen LogP contribution in [0.3, 0.4) is 0 Å². The van der Waals surface area contributed by atoms with Crippen molar-refractivity contribution in [3.05, 3.63) is 29.1 Å². The molecule has 13 heavy (non-hydrogen) atoms. The van der Waals surface area contributed by atoms with Crippen molar-refractivity contribution >= 4 is 11.6 Å². The fraction of sp³-hybridized carbons (Fsp3) is 0.222. The van der Waals surface area contributed by atoms with Gasteiger partial charge in [-0.15, -0.1) is 0 Å². The number of rotatable bonds is 1. The smallest absolute Gasteiger partial charge is 0.228 e. The highest BCUT2D eigenvalue weighted by atomic mass is 19.1. The molecule has 0 fully saturated rings. The third kappa shape index (κ3) is 1.29. The van der Waals surface area contributed by atoms with Crippen molar-refractivity contribution in [2.75, 3.05) is 5.32 Å². The number of hydrogen-bond donors (Lipinski definition) is 2. The van der Waals surface area contributed by atoms with E-state index < -0.39 is 5.82 Å². The molecule has 0 aliphatic carbocycles. The summed E-state index contributed by atoms with van der Waals surface area (Å²) >= 11 is 0. The van der Waals surface area contributed by atoms with Crippen LogP contribution in [0.2, 0.25) is 0 Å². The van der Waals surface area contributed by atoms with Gasteiger partial charge in [0.25, 0.3) is 0 Å². The maximum atomic E-state index is 13.2. The zero-order chi connectivity index (χ0) is 9.42. The van der Waals surface area contributed by atoms with E-state index in [2.05, 4.69) is 5.32 Å². The largest absolute Gasteiger partial charge is 0.392 e. The average molecular weight is 181 g/mol. The zero-order valence-electron chi connectivity index (χ0n) is 6.80. The van der Waals surface area contributed by atoms with Crippen LogP contribution in [0, 0.1) is 5.82 Å². The molecular formula is C9H8FNO2. The monoisotopic (exact) mass is 181 g/mol. The molecule has 68 valence electrons. The van der Waals surface area contributed by atoms with Crippen LogP contribution in [0.1, 0.15) is 11.1 Å². The summed E-state index contributed by atoms with van der Waals surface area (Å²) in [4.78, 5) is 10.9. The van der Waals surface area contributed by atoms with Crippen LogP contribution in [-0.4, -0.2) is 11.0 Å². The van der Waals surface area contributed by atoms with Gasteiger partial charge in [-0.25, -0.2) is 4.39 Å². The molecule has 4 heteroatoms. The standard InChI is InChI=1S/C9H8FNO2/c10-7-2-5(4-12)1-6-3-8(13)11-9(6)7/h1-2,12H,3-4H2,(H,11,13). The average Bonchev–Trinajstić information content (AvgIpc) is 2.46. The van der Waals surface area contributed by atoms with Gasteiger partial charge in [0.2, 0.25) is 5.91 Å². The molecule has 1 aliphatic rings. The van der Waals surface area contributed by atoms with Crippen LogP contribution in [0.25, 0.3) is 0 Å². The molecule has 0 unspecified atom stereocenters. The van der Waals surface area contributed by atoms with E-state index >= 15 is 0 Å². The number of benzene rings is 1. The summed E-state index contributed by atoms with van der Waals surface area (Å²) in [5.74, 6) is -0.684. The molecule has 1 heterocycles. The van der Waals surface area contributed by atoms with Crippen LogP contribution < -0.4 is 5.32 Å². The minimum atomic E-state index is -0.479. The summed E-state index contributed by atoms with van der Waals surface area (Å²) in [5.41, 5.74) is 1.36. The van der Waals surface area contributed by atoms with E-state index in [1.807, 2.05) is 0 Å². The predicted octanol–water partition coefficient (Wildman–Crippen LogP) is 0.813. The molecule has 0 aromatic heterocycles. The minimum absolute atomic E-state index is 0.195. The second kappa shape index (κ2) is 2.81. The molecule has 0 spiro atoms. The first kappa shape index (κ1) is 8.19. The van der Waals surface area contributed by atoms with Gasteiger partial charge in [-0.1, -0.05) is 6.07 Å². The summed E-state index contributed by atoms with van der Waals surface area (Å²) in [6.45, 7) is -0.210. The van der Waals surface area contributed by atoms with E-state index in [9.17, 15) is 9.18 Å². The van der Waals surface area contributed by atoms with Gasteiger partial charge >= 0.3 is 0 Å². The van der Waals surface area contributed by atoms with Gasteiger partial charge in [-0.05, 0) is 17.2 Å². The van der Waals surface area contributed by atoms with Gasteiger partial charge in [-0.3, -0.25) is 4.79 Å². The van der Waals surface area contributed by atoms with Crippen molar-refractivity contribution in [1.82, 2.24) is 0 Å². The molecule has 2 rings (SSSR count). The van der Waals surface area contributed by atoms with Crippen molar-refractivity contribution in [2.24, 2.45) is 0 Å². The molecule has 3 nitrogen and oxygen atoms in total. The van der Waals surface area contributed by atoms with E-state index in [4.69, 9.17) is 5.11 Å². The maximum Gasteiger partial charge on any atom is 0.228 e. The molecule has 1 aliphatic heterocycles. The van der Waals surface area contributed by atoms with Crippen molar-refractivity contribution in [2.45, 2.75) is 13.0 Å². The normalized spacial score (nSPS) is 14.2. The van der Waals surface area contributed by atoms with E-state index in [-0.39, 0.29) is 24.6 Å². The molecule has 1 aromatic carbocycles. The lowest BCUT2D eigenvalue weighted by Crippen LogP contribution is -2.04. The van der Waals surface area contributed by atoms with Gasteiger partial charge in [0, 0.05) is 0 Å². The summed E-state index contributed by atoms with van der Waals surface area (Å²) in [6.07, 6.45) is 0.195. The number of carbonyl (C=O) groups excluding carboxylic acids is 1. The number of amides is 1. The van der Waals surface area contributed by atoms with Crippen LogP contribution in [0.15, 0.2) is 12.1 Å². The molecule has 2 N–H and O–H groups in total. The highest BCUT2D eigenvalue weighted by Gasteiger charge is 2.21. The van der Waals surface area contributed by atoms with E-state index in [0.717, 1.165) is 0 Å². The first-order valence-electron chi connectivity index (χ1n) is 3.92. The summed E-state index contributed by atoms with van der Waals surface area (Å²) in [5, 5.41) is 11.2. The first-order chi connectivity index (χ1) is 6.20. The zero-order valence-corrected chi connectivity index (χ0v) is 6.80. The number of halogens is 1. The second-order valence-electron chi connectivity index (χ2n) is 2.99. The predicted molar refractivity (Wildman–Crippen MR) is 44.7 cm³/mol. The highest BCUT2D eigenvalue weighted by Crippen LogP contribution is 2.27. The van der Waals surface area contributed by atoms with Crippen molar-refractivity contribution < 1.29 is 14.3 Å². The van der Waals surface area contributed by atoms with Gasteiger partial charge in [0.1, 0.15) is 5.82 Å². The fourth-order valence-corrected chi connectivity index (χ4v) is 1.45. The topological polar surface area (TPSA) is 49.3 Å². The van der Waals surface area contributed by atoms with Crippen LogP contribution >= 0.6 is 0 Å². The Morgan fingerprint density at radius 3 is 3.00 bits per heavy atom. The number of nitrogens with one attached hydrogen (secondary N) is 1. The molecule has 0 bridgehead atoms. The number of carbonyl (C=O) groups is 1. The van der Waals surface area contributed by atoms with Gasteiger partial charge in [-0.2, -0.15) is 0 Å². The number of anilines is 1. The van der Waals surface area contributed by atoms with E-state index in [0.29, 0.717) is 11.1 Å². The Balaban J connectivity index is 2.52. The van der Waals surface area contributed by atoms with E-state index in [1.165, 1.54) is 6.07 Å². The SMILES string of the molecule is O=C1Cc2cc(CO)cc(F)c2N1. The second-order valence-corrected chi connectivity index (χ2v) is 2.99. The Labute approximate surface area is 74.2 Å². The third-order valence-electron chi connectivity index (χ3n) is 2.03. The quantitative estimate of drug-likeness (QED) is 0.673. The number of fused-ring (bicyclic) bond motifs is 1. The van der Waals surface area contributed by atoms with E-state index in [1.54, 1.807) is 6.07 Å². The Hall–Kier alpha value is -1.42. The Morgan fingerprint density at radius 1 is 1.54 bits per heavy atom. The van der Waals surface area contributed by atoms with Gasteiger partial charge < -0.3 is 10.4 Å². The highest BCUT2D eigenvalue weighted by molar-refractivity contribution is 5.99. The summed E-state index contributed by atoms with van der Waals surface area (Å²) in [6, 6.07) is 2.86. The fourth-order valence-electron chi connectivity index (χ4n) is 1.45. The Bertz CT molecular complexity index is 376. The molecule has 0 saturated heterocycles. The summed E-state index contributed by atoms with van der Waals surface area (Å²) in [7, 11) is 0. The Kier molecular flexibility index (Phi) is 1.77. The van der Waals surface area contributed by atoms with Gasteiger partial charge in [0.05, 0.1) is 18.7 Å². The molecule has 0 radical (unpaired) electrons.